The molecule has 0 radical (unpaired) electrons. The zero-order valence-electron chi connectivity index (χ0n) is 16.8. The van der Waals surface area contributed by atoms with Gasteiger partial charge in [0.2, 0.25) is 5.91 Å². The van der Waals surface area contributed by atoms with Gasteiger partial charge in [0.15, 0.2) is 11.6 Å². The number of nitrogens with zero attached hydrogens (tertiary/aromatic N) is 3. The van der Waals surface area contributed by atoms with E-state index < -0.39 is 0 Å². The summed E-state index contributed by atoms with van der Waals surface area (Å²) in [5.41, 5.74) is 0. The first kappa shape index (κ1) is 19.5. The van der Waals surface area contributed by atoms with Crippen LogP contribution in [-0.4, -0.2) is 73.4 Å². The van der Waals surface area contributed by atoms with E-state index in [9.17, 15) is 4.79 Å². The molecule has 3 fully saturated rings. The highest BCUT2D eigenvalue weighted by atomic mass is 16.5. The molecule has 154 valence electrons. The van der Waals surface area contributed by atoms with Crippen molar-refractivity contribution in [3.63, 3.8) is 0 Å². The van der Waals surface area contributed by atoms with Gasteiger partial charge < -0.3 is 19.7 Å². The van der Waals surface area contributed by atoms with E-state index in [4.69, 9.17) is 9.47 Å². The molecule has 1 N–H and O–H groups in total. The van der Waals surface area contributed by atoms with Gasteiger partial charge in [0, 0.05) is 45.5 Å². The minimum absolute atomic E-state index is 0.0790. The Morgan fingerprint density at radius 1 is 1.32 bits per heavy atom. The molecule has 3 aliphatic heterocycles. The van der Waals surface area contributed by atoms with Crippen molar-refractivity contribution in [1.29, 1.82) is 0 Å². The number of rotatable bonds is 7. The summed E-state index contributed by atoms with van der Waals surface area (Å²) in [7, 11) is 0. The van der Waals surface area contributed by atoms with Crippen molar-refractivity contribution in [3.05, 3.63) is 18.3 Å². The van der Waals surface area contributed by atoms with Crippen LogP contribution in [0.15, 0.2) is 18.3 Å². The van der Waals surface area contributed by atoms with Crippen molar-refractivity contribution in [2.45, 2.75) is 57.3 Å². The molecule has 0 aromatic carbocycles. The first-order valence-electron chi connectivity index (χ1n) is 10.7. The van der Waals surface area contributed by atoms with Gasteiger partial charge in [-0.1, -0.05) is 0 Å². The average molecular weight is 389 g/mol. The van der Waals surface area contributed by atoms with Gasteiger partial charge in [0.25, 0.3) is 0 Å². The molecule has 0 spiro atoms. The number of anilines is 1. The maximum absolute atomic E-state index is 12.5. The highest BCUT2D eigenvalue weighted by molar-refractivity contribution is 5.81. The normalized spacial score (nSPS) is 26.5. The molecule has 7 heteroatoms. The first-order chi connectivity index (χ1) is 13.7. The topological polar surface area (TPSA) is 66.9 Å². The third-order valence-electron chi connectivity index (χ3n) is 6.08. The van der Waals surface area contributed by atoms with Crippen LogP contribution in [-0.2, 0) is 9.53 Å². The van der Waals surface area contributed by atoms with E-state index in [1.54, 1.807) is 0 Å². The number of amides is 1. The molecule has 4 heterocycles. The quantitative estimate of drug-likeness (QED) is 0.769. The van der Waals surface area contributed by atoms with Crippen molar-refractivity contribution < 1.29 is 14.3 Å². The molecule has 28 heavy (non-hydrogen) atoms. The standard InChI is InChI=1S/C21H32N4O3/c1-16(21(26)23-14-17-6-5-13-27-17)25-12-8-18(15-25)28-19-7-4-9-22-20(19)24-10-2-3-11-24/h4,7,9,16-18H,2-3,5-6,8,10-15H2,1H3,(H,23,26)/t16-,17-,18-/m1/s1. The van der Waals surface area contributed by atoms with Crippen LogP contribution in [0, 0.1) is 0 Å². The Balaban J connectivity index is 1.28. The number of hydrogen-bond acceptors (Lipinski definition) is 6. The molecule has 3 atom stereocenters. The lowest BCUT2D eigenvalue weighted by molar-refractivity contribution is -0.126. The SMILES string of the molecule is C[C@H](C(=O)NC[C@H]1CCCO1)N1CC[C@@H](Oc2cccnc2N2CCCC2)C1. The summed E-state index contributed by atoms with van der Waals surface area (Å²) in [6, 6.07) is 3.80. The Morgan fingerprint density at radius 3 is 2.96 bits per heavy atom. The Bertz CT molecular complexity index is 659. The average Bonchev–Trinajstić information content (AvgIpc) is 3.48. The largest absolute Gasteiger partial charge is 0.485 e. The molecular weight excluding hydrogens is 356 g/mol. The Kier molecular flexibility index (Phi) is 6.32. The zero-order chi connectivity index (χ0) is 19.3. The Hall–Kier alpha value is -1.86. The smallest absolute Gasteiger partial charge is 0.237 e. The second kappa shape index (κ2) is 9.09. The predicted molar refractivity (Wildman–Crippen MR) is 108 cm³/mol. The van der Waals surface area contributed by atoms with E-state index >= 15 is 0 Å². The minimum atomic E-state index is -0.151. The molecule has 3 aliphatic rings. The summed E-state index contributed by atoms with van der Waals surface area (Å²) >= 11 is 0. The van der Waals surface area contributed by atoms with E-state index in [1.165, 1.54) is 12.8 Å². The van der Waals surface area contributed by atoms with E-state index in [0.29, 0.717) is 6.54 Å². The maximum atomic E-state index is 12.5. The van der Waals surface area contributed by atoms with Crippen molar-refractivity contribution in [1.82, 2.24) is 15.2 Å². The lowest BCUT2D eigenvalue weighted by Gasteiger charge is -2.25. The fourth-order valence-corrected chi connectivity index (χ4v) is 4.36. The molecule has 1 aromatic heterocycles. The van der Waals surface area contributed by atoms with Gasteiger partial charge in [0.05, 0.1) is 12.1 Å². The van der Waals surface area contributed by atoms with Crippen LogP contribution >= 0.6 is 0 Å². The number of likely N-dealkylation sites (tertiary alicyclic amines) is 1. The lowest BCUT2D eigenvalue weighted by atomic mass is 10.2. The van der Waals surface area contributed by atoms with Gasteiger partial charge in [-0.05, 0) is 51.2 Å². The highest BCUT2D eigenvalue weighted by Gasteiger charge is 2.32. The maximum Gasteiger partial charge on any atom is 0.237 e. The van der Waals surface area contributed by atoms with E-state index in [2.05, 4.69) is 20.1 Å². The van der Waals surface area contributed by atoms with Crippen LogP contribution in [0.2, 0.25) is 0 Å². The van der Waals surface area contributed by atoms with Gasteiger partial charge in [0.1, 0.15) is 6.10 Å². The summed E-state index contributed by atoms with van der Waals surface area (Å²) in [6.45, 7) is 7.15. The van der Waals surface area contributed by atoms with Crippen molar-refractivity contribution in [2.75, 3.05) is 44.2 Å². The summed E-state index contributed by atoms with van der Waals surface area (Å²) in [5.74, 6) is 1.91. The molecular formula is C21H32N4O3. The van der Waals surface area contributed by atoms with Gasteiger partial charge >= 0.3 is 0 Å². The second-order valence-corrected chi connectivity index (χ2v) is 8.10. The minimum Gasteiger partial charge on any atom is -0.485 e. The first-order valence-corrected chi connectivity index (χ1v) is 10.7. The molecule has 3 saturated heterocycles. The van der Waals surface area contributed by atoms with Gasteiger partial charge in [-0.15, -0.1) is 0 Å². The molecule has 4 rings (SSSR count). The number of nitrogens with one attached hydrogen (secondary N) is 1. The van der Waals surface area contributed by atoms with Crippen LogP contribution in [0.5, 0.6) is 5.75 Å². The van der Waals surface area contributed by atoms with Crippen LogP contribution in [0.1, 0.15) is 39.0 Å². The summed E-state index contributed by atoms with van der Waals surface area (Å²) in [6.07, 6.45) is 7.60. The fourth-order valence-electron chi connectivity index (χ4n) is 4.36. The molecule has 7 nitrogen and oxygen atoms in total. The summed E-state index contributed by atoms with van der Waals surface area (Å²) in [5, 5.41) is 3.05. The van der Waals surface area contributed by atoms with E-state index in [1.807, 2.05) is 25.3 Å². The number of pyridine rings is 1. The number of hydrogen-bond donors (Lipinski definition) is 1. The zero-order valence-corrected chi connectivity index (χ0v) is 16.8. The van der Waals surface area contributed by atoms with E-state index in [-0.39, 0.29) is 24.2 Å². The van der Waals surface area contributed by atoms with Gasteiger partial charge in [-0.25, -0.2) is 4.98 Å². The Labute approximate surface area is 167 Å². The highest BCUT2D eigenvalue weighted by Crippen LogP contribution is 2.30. The van der Waals surface area contributed by atoms with Gasteiger partial charge in [-0.3, -0.25) is 9.69 Å². The third-order valence-corrected chi connectivity index (χ3v) is 6.08. The predicted octanol–water partition coefficient (Wildman–Crippen LogP) is 1.82. The number of carbonyl (C=O) groups is 1. The van der Waals surface area contributed by atoms with E-state index in [0.717, 1.165) is 63.6 Å². The van der Waals surface area contributed by atoms with Crippen molar-refractivity contribution >= 4 is 11.7 Å². The molecule has 0 unspecified atom stereocenters. The Morgan fingerprint density at radius 2 is 2.18 bits per heavy atom. The van der Waals surface area contributed by atoms with Crippen LogP contribution in [0.4, 0.5) is 5.82 Å². The summed E-state index contributed by atoms with van der Waals surface area (Å²) < 4.78 is 11.9. The van der Waals surface area contributed by atoms with Crippen LogP contribution in [0.25, 0.3) is 0 Å². The monoisotopic (exact) mass is 388 g/mol. The van der Waals surface area contributed by atoms with Crippen molar-refractivity contribution in [3.8, 4) is 5.75 Å². The second-order valence-electron chi connectivity index (χ2n) is 8.10. The van der Waals surface area contributed by atoms with Gasteiger partial charge in [-0.2, -0.15) is 0 Å². The fraction of sp³-hybridized carbons (Fsp3) is 0.714. The molecule has 1 amide bonds. The molecule has 0 bridgehead atoms. The van der Waals surface area contributed by atoms with Crippen LogP contribution < -0.4 is 15.0 Å². The number of carbonyl (C=O) groups excluding carboxylic acids is 1. The third kappa shape index (κ3) is 4.58. The molecule has 0 aliphatic carbocycles. The summed E-state index contributed by atoms with van der Waals surface area (Å²) in [4.78, 5) is 21.6. The number of aromatic nitrogens is 1. The lowest BCUT2D eigenvalue weighted by Crippen LogP contribution is -2.46. The molecule has 1 aromatic rings. The number of ether oxygens (including phenoxy) is 2. The van der Waals surface area contributed by atoms with Crippen molar-refractivity contribution in [2.24, 2.45) is 0 Å². The van der Waals surface area contributed by atoms with Crippen LogP contribution in [0.3, 0.4) is 0 Å². The molecule has 0 saturated carbocycles.